The summed E-state index contributed by atoms with van der Waals surface area (Å²) in [6.45, 7) is 13.0. The van der Waals surface area contributed by atoms with E-state index in [1.54, 1.807) is 48.5 Å². The number of para-hydroxylation sites is 4. The van der Waals surface area contributed by atoms with Crippen molar-refractivity contribution in [3.63, 3.8) is 0 Å². The van der Waals surface area contributed by atoms with Gasteiger partial charge in [-0.2, -0.15) is 0 Å². The van der Waals surface area contributed by atoms with Gasteiger partial charge in [0.2, 0.25) is 19.7 Å². The van der Waals surface area contributed by atoms with Crippen molar-refractivity contribution < 1.29 is 16.8 Å². The van der Waals surface area contributed by atoms with E-state index in [9.17, 15) is 16.8 Å². The standard InChI is InChI=1S/C55H48N4O4S2/c1-53(2,3)39-33-49(56-51(35-39)58-41-25-13-17-29-45(41)64(60,61)46-30-18-14-26-42(46)58)55(37-21-9-7-10-22-37,38-23-11-8-12-24-38)50-34-40(54(4,5)6)36-52(57-50)59-43-27-15-19-31-47(43)65(62,63)48-32-20-16-28-44(48)59/h7-36H,1-6H3. The average Bonchev–Trinajstić information content (AvgIpc) is 3.30. The van der Waals surface area contributed by atoms with Crippen LogP contribution in [0.5, 0.6) is 0 Å². The summed E-state index contributed by atoms with van der Waals surface area (Å²) in [7, 11) is -7.71. The van der Waals surface area contributed by atoms with Gasteiger partial charge in [0.1, 0.15) is 17.1 Å². The summed E-state index contributed by atoms with van der Waals surface area (Å²) in [4.78, 5) is 16.2. The van der Waals surface area contributed by atoms with Crippen LogP contribution in [0.3, 0.4) is 0 Å². The molecule has 4 heterocycles. The van der Waals surface area contributed by atoms with Crippen molar-refractivity contribution in [1.82, 2.24) is 9.97 Å². The van der Waals surface area contributed by atoms with Crippen LogP contribution in [0.4, 0.5) is 34.4 Å². The second-order valence-corrected chi connectivity index (χ2v) is 22.5. The fraction of sp³-hybridized carbons (Fsp3) is 0.164. The van der Waals surface area contributed by atoms with Gasteiger partial charge in [0.15, 0.2) is 0 Å². The summed E-state index contributed by atoms with van der Waals surface area (Å²) in [6.07, 6.45) is 0. The Kier molecular flexibility index (Phi) is 9.78. The van der Waals surface area contributed by atoms with Crippen LogP contribution in [0.15, 0.2) is 202 Å². The molecule has 0 saturated carbocycles. The third-order valence-electron chi connectivity index (χ3n) is 12.6. The fourth-order valence-corrected chi connectivity index (χ4v) is 12.5. The van der Waals surface area contributed by atoms with Gasteiger partial charge >= 0.3 is 0 Å². The quantitative estimate of drug-likeness (QED) is 0.163. The summed E-state index contributed by atoms with van der Waals surface area (Å²) in [6, 6.07) is 57.5. The minimum absolute atomic E-state index is 0.203. The number of hydrogen-bond acceptors (Lipinski definition) is 8. The Morgan fingerprint density at radius 3 is 0.923 bits per heavy atom. The van der Waals surface area contributed by atoms with E-state index < -0.39 is 35.9 Å². The Hall–Kier alpha value is -6.88. The molecular weight excluding hydrogens is 845 g/mol. The molecule has 10 heteroatoms. The molecule has 2 aliphatic heterocycles. The maximum absolute atomic E-state index is 14.3. The molecule has 0 N–H and O–H groups in total. The summed E-state index contributed by atoms with van der Waals surface area (Å²) < 4.78 is 57.0. The van der Waals surface area contributed by atoms with E-state index in [0.717, 1.165) is 22.3 Å². The van der Waals surface area contributed by atoms with Crippen LogP contribution in [-0.4, -0.2) is 26.8 Å². The van der Waals surface area contributed by atoms with Crippen molar-refractivity contribution in [1.29, 1.82) is 0 Å². The van der Waals surface area contributed by atoms with Crippen molar-refractivity contribution in [2.45, 2.75) is 77.4 Å². The number of benzene rings is 6. The molecule has 6 aromatic carbocycles. The number of rotatable bonds is 6. The zero-order chi connectivity index (χ0) is 45.5. The van der Waals surface area contributed by atoms with E-state index >= 15 is 0 Å². The minimum Gasteiger partial charge on any atom is -0.292 e. The Bertz CT molecular complexity index is 3060. The molecule has 0 amide bonds. The van der Waals surface area contributed by atoms with E-state index in [4.69, 9.17) is 9.97 Å². The summed E-state index contributed by atoms with van der Waals surface area (Å²) >= 11 is 0. The third kappa shape index (κ3) is 6.69. The number of fused-ring (bicyclic) bond motifs is 4. The smallest absolute Gasteiger partial charge is 0.210 e. The normalized spacial score (nSPS) is 15.0. The molecule has 0 aliphatic carbocycles. The monoisotopic (exact) mass is 892 g/mol. The van der Waals surface area contributed by atoms with Crippen molar-refractivity contribution in [2.75, 3.05) is 9.80 Å². The molecule has 0 unspecified atom stereocenters. The van der Waals surface area contributed by atoms with Crippen molar-refractivity contribution >= 4 is 54.1 Å². The lowest BCUT2D eigenvalue weighted by atomic mass is 9.67. The fourth-order valence-electron chi connectivity index (χ4n) is 9.24. The molecule has 10 rings (SSSR count). The second kappa shape index (κ2) is 15.1. The molecule has 0 spiro atoms. The highest BCUT2D eigenvalue weighted by molar-refractivity contribution is 7.92. The Labute approximate surface area is 381 Å². The molecule has 0 bridgehead atoms. The Morgan fingerprint density at radius 1 is 0.354 bits per heavy atom. The van der Waals surface area contributed by atoms with Crippen molar-refractivity contribution in [3.05, 3.63) is 216 Å². The molecule has 0 radical (unpaired) electrons. The van der Waals surface area contributed by atoms with Crippen molar-refractivity contribution in [3.8, 4) is 0 Å². The van der Waals surface area contributed by atoms with E-state index in [2.05, 4.69) is 90.1 Å². The van der Waals surface area contributed by atoms with Gasteiger partial charge in [-0.1, -0.05) is 151 Å². The molecule has 0 saturated heterocycles. The highest BCUT2D eigenvalue weighted by Gasteiger charge is 2.45. The average molecular weight is 893 g/mol. The molecule has 0 fully saturated rings. The molecule has 8 aromatic rings. The van der Waals surface area contributed by atoms with Gasteiger partial charge < -0.3 is 0 Å². The maximum Gasteiger partial charge on any atom is 0.210 e. The largest absolute Gasteiger partial charge is 0.292 e. The summed E-state index contributed by atoms with van der Waals surface area (Å²) in [5.74, 6) is 1.10. The molecule has 65 heavy (non-hydrogen) atoms. The van der Waals surface area contributed by atoms with Crippen LogP contribution >= 0.6 is 0 Å². The number of sulfone groups is 2. The number of nitrogens with zero attached hydrogens (tertiary/aromatic N) is 4. The third-order valence-corrected chi connectivity index (χ3v) is 16.3. The first-order valence-electron chi connectivity index (χ1n) is 21.7. The van der Waals surface area contributed by atoms with E-state index in [1.165, 1.54) is 0 Å². The molecule has 2 aliphatic rings. The number of hydrogen-bond donors (Lipinski definition) is 0. The predicted octanol–water partition coefficient (Wildman–Crippen LogP) is 12.7. The first-order chi connectivity index (χ1) is 31.0. The van der Waals surface area contributed by atoms with Crippen LogP contribution in [0, 0.1) is 0 Å². The van der Waals surface area contributed by atoms with Gasteiger partial charge in [-0.25, -0.2) is 26.8 Å². The molecular formula is C55H48N4O4S2. The van der Waals surface area contributed by atoms with Crippen LogP contribution in [0.25, 0.3) is 0 Å². The van der Waals surface area contributed by atoms with Gasteiger partial charge in [0.05, 0.1) is 53.7 Å². The Balaban J connectivity index is 1.35. The van der Waals surface area contributed by atoms with Crippen LogP contribution in [0.1, 0.15) is 75.2 Å². The topological polar surface area (TPSA) is 101 Å². The number of pyridine rings is 2. The highest BCUT2D eigenvalue weighted by atomic mass is 32.2. The van der Waals surface area contributed by atoms with Crippen molar-refractivity contribution in [2.24, 2.45) is 0 Å². The van der Waals surface area contributed by atoms with Crippen LogP contribution in [-0.2, 0) is 35.9 Å². The number of aromatic nitrogens is 2. The second-order valence-electron chi connectivity index (χ2n) is 18.7. The lowest BCUT2D eigenvalue weighted by molar-refractivity contribution is 0.577. The van der Waals surface area contributed by atoms with Crippen LogP contribution in [0.2, 0.25) is 0 Å². The van der Waals surface area contributed by atoms with Gasteiger partial charge in [-0.05, 0) is 106 Å². The molecule has 8 nitrogen and oxygen atoms in total. The lowest BCUT2D eigenvalue weighted by Crippen LogP contribution is -2.35. The maximum atomic E-state index is 14.3. The zero-order valence-corrected chi connectivity index (χ0v) is 38.7. The first kappa shape index (κ1) is 42.1. The van der Waals surface area contributed by atoms with Gasteiger partial charge in [-0.3, -0.25) is 9.80 Å². The van der Waals surface area contributed by atoms with Gasteiger partial charge in [0.25, 0.3) is 0 Å². The van der Waals surface area contributed by atoms with E-state index in [-0.39, 0.29) is 19.6 Å². The summed E-state index contributed by atoms with van der Waals surface area (Å²) in [5, 5.41) is 0. The minimum atomic E-state index is -3.85. The van der Waals surface area contributed by atoms with Crippen LogP contribution < -0.4 is 9.80 Å². The zero-order valence-electron chi connectivity index (χ0n) is 37.1. The predicted molar refractivity (Wildman–Crippen MR) is 258 cm³/mol. The van der Waals surface area contributed by atoms with Gasteiger partial charge in [0, 0.05) is 0 Å². The van der Waals surface area contributed by atoms with E-state index in [1.807, 2.05) is 94.7 Å². The van der Waals surface area contributed by atoms with Gasteiger partial charge in [-0.15, -0.1) is 0 Å². The highest BCUT2D eigenvalue weighted by Crippen LogP contribution is 2.53. The molecule has 324 valence electrons. The Morgan fingerprint density at radius 2 is 0.631 bits per heavy atom. The first-order valence-corrected chi connectivity index (χ1v) is 24.6. The lowest BCUT2D eigenvalue weighted by Gasteiger charge is -2.39. The molecule has 0 atom stereocenters. The SMILES string of the molecule is CC(C)(C)c1cc(N2c3ccccc3S(=O)(=O)c3ccccc32)nc(C(c2ccccc2)(c2ccccc2)c2cc(C(C)(C)C)cc(N3c4ccccc4S(=O)(=O)c4ccccc43)n2)c1. The van der Waals surface area contributed by atoms with E-state index in [0.29, 0.717) is 45.8 Å². The summed E-state index contributed by atoms with van der Waals surface area (Å²) in [5.41, 5.74) is 5.16. The number of anilines is 6. The molecule has 2 aromatic heterocycles.